The lowest BCUT2D eigenvalue weighted by Gasteiger charge is -2.37. The summed E-state index contributed by atoms with van der Waals surface area (Å²) < 4.78 is 0. The van der Waals surface area contributed by atoms with Gasteiger partial charge in [-0.25, -0.2) is 0 Å². The first-order chi connectivity index (χ1) is 5.87. The second kappa shape index (κ2) is 3.90. The van der Waals surface area contributed by atoms with Crippen molar-refractivity contribution in [2.24, 2.45) is 5.41 Å². The van der Waals surface area contributed by atoms with Crippen LogP contribution in [0.5, 0.6) is 0 Å². The van der Waals surface area contributed by atoms with Crippen molar-refractivity contribution in [2.75, 3.05) is 18.4 Å². The Labute approximate surface area is 91.0 Å². The fourth-order valence-electron chi connectivity index (χ4n) is 2.02. The predicted molar refractivity (Wildman–Crippen MR) is 62.5 cm³/mol. The van der Waals surface area contributed by atoms with Gasteiger partial charge in [0.15, 0.2) is 0 Å². The van der Waals surface area contributed by atoms with Gasteiger partial charge in [0.25, 0.3) is 0 Å². The van der Waals surface area contributed by atoms with Crippen molar-refractivity contribution in [3.05, 3.63) is 0 Å². The van der Waals surface area contributed by atoms with Gasteiger partial charge in [-0.15, -0.1) is 0 Å². The Morgan fingerprint density at radius 1 is 1.38 bits per heavy atom. The van der Waals surface area contributed by atoms with Crippen molar-refractivity contribution in [3.8, 4) is 0 Å². The van der Waals surface area contributed by atoms with Gasteiger partial charge in [0.05, 0.1) is 0 Å². The molecule has 0 aliphatic carbocycles. The lowest BCUT2D eigenvalue weighted by atomic mass is 9.93. The maximum atomic E-state index is 3.59. The third-order valence-corrected chi connectivity index (χ3v) is 4.57. The molecule has 0 aromatic rings. The number of hydrogen-bond donors (Lipinski definition) is 0. The van der Waals surface area contributed by atoms with Crippen LogP contribution >= 0.6 is 15.9 Å². The Balaban J connectivity index is 2.54. The van der Waals surface area contributed by atoms with Crippen LogP contribution in [0, 0.1) is 5.41 Å². The molecule has 1 heterocycles. The first-order valence-electron chi connectivity index (χ1n) is 5.18. The highest BCUT2D eigenvalue weighted by molar-refractivity contribution is 9.09. The van der Waals surface area contributed by atoms with Crippen LogP contribution in [-0.4, -0.2) is 28.9 Å². The fourth-order valence-corrected chi connectivity index (χ4v) is 2.19. The zero-order valence-corrected chi connectivity index (χ0v) is 10.9. The van der Waals surface area contributed by atoms with Crippen molar-refractivity contribution < 1.29 is 0 Å². The van der Waals surface area contributed by atoms with E-state index in [2.05, 4.69) is 48.5 Å². The first-order valence-corrected chi connectivity index (χ1v) is 6.31. The fraction of sp³-hybridized carbons (Fsp3) is 1.00. The molecular weight excluding hydrogens is 226 g/mol. The quantitative estimate of drug-likeness (QED) is 0.693. The second-order valence-corrected chi connectivity index (χ2v) is 6.20. The van der Waals surface area contributed by atoms with Crippen molar-refractivity contribution in [1.82, 2.24) is 4.90 Å². The summed E-state index contributed by atoms with van der Waals surface area (Å²) in [6.07, 6.45) is 2.72. The molecule has 1 rings (SSSR count). The number of nitrogens with zero attached hydrogens (tertiary/aromatic N) is 1. The van der Waals surface area contributed by atoms with Crippen LogP contribution in [0.3, 0.4) is 0 Å². The van der Waals surface area contributed by atoms with Crippen LogP contribution in [0.1, 0.15) is 40.5 Å². The maximum Gasteiger partial charge on any atom is 0.0153 e. The molecule has 1 saturated heterocycles. The van der Waals surface area contributed by atoms with Crippen molar-refractivity contribution in [3.63, 3.8) is 0 Å². The zero-order chi connectivity index (χ0) is 10.1. The number of hydrogen-bond acceptors (Lipinski definition) is 1. The number of likely N-dealkylation sites (tertiary alicyclic amines) is 1. The third-order valence-electron chi connectivity index (χ3n) is 3.05. The molecule has 0 saturated carbocycles. The van der Waals surface area contributed by atoms with Gasteiger partial charge < -0.3 is 0 Å². The molecule has 0 aromatic heterocycles. The minimum Gasteiger partial charge on any atom is -0.298 e. The molecule has 1 aliphatic heterocycles. The molecule has 0 spiro atoms. The molecule has 1 aliphatic rings. The van der Waals surface area contributed by atoms with E-state index < -0.39 is 0 Å². The SMILES string of the molecule is CC(C)(CBr)CN1CCCC1(C)C. The van der Waals surface area contributed by atoms with E-state index in [9.17, 15) is 0 Å². The standard InChI is InChI=1S/C11H22BrN/c1-10(2,8-12)9-13-7-5-6-11(13,3)4/h5-9H2,1-4H3. The summed E-state index contributed by atoms with van der Waals surface area (Å²) in [5.74, 6) is 0. The topological polar surface area (TPSA) is 3.24 Å². The Hall–Kier alpha value is 0.440. The number of alkyl halides is 1. The van der Waals surface area contributed by atoms with Crippen LogP contribution in [0.15, 0.2) is 0 Å². The summed E-state index contributed by atoms with van der Waals surface area (Å²) in [5.41, 5.74) is 0.834. The van der Waals surface area contributed by atoms with Gasteiger partial charge in [-0.05, 0) is 38.6 Å². The summed E-state index contributed by atoms with van der Waals surface area (Å²) in [6.45, 7) is 11.9. The first kappa shape index (κ1) is 11.5. The van der Waals surface area contributed by atoms with Crippen molar-refractivity contribution in [1.29, 1.82) is 0 Å². The highest BCUT2D eigenvalue weighted by Crippen LogP contribution is 2.32. The van der Waals surface area contributed by atoms with Crippen LogP contribution in [0.2, 0.25) is 0 Å². The maximum absolute atomic E-state index is 3.59. The second-order valence-electron chi connectivity index (χ2n) is 5.64. The highest BCUT2D eigenvalue weighted by Gasteiger charge is 2.34. The lowest BCUT2D eigenvalue weighted by Crippen LogP contribution is -2.44. The largest absolute Gasteiger partial charge is 0.298 e. The molecule has 0 aromatic carbocycles. The summed E-state index contributed by atoms with van der Waals surface area (Å²) in [7, 11) is 0. The average molecular weight is 248 g/mol. The molecular formula is C11H22BrN. The summed E-state index contributed by atoms with van der Waals surface area (Å²) in [4.78, 5) is 2.63. The van der Waals surface area contributed by atoms with E-state index in [4.69, 9.17) is 0 Å². The van der Waals surface area contributed by atoms with Gasteiger partial charge in [-0.1, -0.05) is 29.8 Å². The highest BCUT2D eigenvalue weighted by atomic mass is 79.9. The molecule has 13 heavy (non-hydrogen) atoms. The molecule has 0 radical (unpaired) electrons. The number of halogens is 1. The molecule has 0 atom stereocenters. The lowest BCUT2D eigenvalue weighted by molar-refractivity contribution is 0.125. The molecule has 0 N–H and O–H groups in total. The number of rotatable bonds is 3. The van der Waals surface area contributed by atoms with Crippen LogP contribution in [0.25, 0.3) is 0 Å². The smallest absolute Gasteiger partial charge is 0.0153 e. The average Bonchev–Trinajstić information content (AvgIpc) is 2.31. The molecule has 0 bridgehead atoms. The molecule has 1 fully saturated rings. The molecule has 78 valence electrons. The Morgan fingerprint density at radius 3 is 2.38 bits per heavy atom. The predicted octanol–water partition coefficient (Wildman–Crippen LogP) is 3.28. The van der Waals surface area contributed by atoms with E-state index >= 15 is 0 Å². The Kier molecular flexibility index (Phi) is 3.45. The summed E-state index contributed by atoms with van der Waals surface area (Å²) in [6, 6.07) is 0. The molecule has 1 nitrogen and oxygen atoms in total. The minimum absolute atomic E-state index is 0.404. The van der Waals surface area contributed by atoms with E-state index in [0.717, 1.165) is 5.33 Å². The summed E-state index contributed by atoms with van der Waals surface area (Å²) in [5, 5.41) is 1.09. The van der Waals surface area contributed by atoms with Crippen LogP contribution in [0.4, 0.5) is 0 Å². The van der Waals surface area contributed by atoms with Crippen molar-refractivity contribution in [2.45, 2.75) is 46.1 Å². The van der Waals surface area contributed by atoms with Crippen LogP contribution < -0.4 is 0 Å². The van der Waals surface area contributed by atoms with E-state index in [0.29, 0.717) is 11.0 Å². The van der Waals surface area contributed by atoms with Gasteiger partial charge in [0.1, 0.15) is 0 Å². The van der Waals surface area contributed by atoms with Crippen molar-refractivity contribution >= 4 is 15.9 Å². The van der Waals surface area contributed by atoms with Gasteiger partial charge >= 0.3 is 0 Å². The Morgan fingerprint density at radius 2 is 2.00 bits per heavy atom. The molecule has 0 unspecified atom stereocenters. The van der Waals surface area contributed by atoms with Crippen LogP contribution in [-0.2, 0) is 0 Å². The molecule has 0 amide bonds. The van der Waals surface area contributed by atoms with Gasteiger partial charge in [0, 0.05) is 17.4 Å². The summed E-state index contributed by atoms with van der Waals surface area (Å²) >= 11 is 3.59. The van der Waals surface area contributed by atoms with Gasteiger partial charge in [-0.3, -0.25) is 4.90 Å². The zero-order valence-electron chi connectivity index (χ0n) is 9.36. The Bertz CT molecular complexity index is 175. The van der Waals surface area contributed by atoms with E-state index in [1.165, 1.54) is 25.9 Å². The van der Waals surface area contributed by atoms with E-state index in [-0.39, 0.29) is 0 Å². The van der Waals surface area contributed by atoms with Gasteiger partial charge in [-0.2, -0.15) is 0 Å². The van der Waals surface area contributed by atoms with E-state index in [1.54, 1.807) is 0 Å². The van der Waals surface area contributed by atoms with Gasteiger partial charge in [0.2, 0.25) is 0 Å². The normalized spacial score (nSPS) is 23.8. The monoisotopic (exact) mass is 247 g/mol. The van der Waals surface area contributed by atoms with E-state index in [1.807, 2.05) is 0 Å². The molecule has 2 heteroatoms. The third kappa shape index (κ3) is 2.95. The minimum atomic E-state index is 0.404.